The summed E-state index contributed by atoms with van der Waals surface area (Å²) in [7, 11) is 0. The maximum atomic E-state index is 11.6. The Morgan fingerprint density at radius 3 is 2.36 bits per heavy atom. The number of halogens is 1. The van der Waals surface area contributed by atoms with E-state index in [1.807, 2.05) is 45.0 Å². The predicted molar refractivity (Wildman–Crippen MR) is 90.9 cm³/mol. The van der Waals surface area contributed by atoms with Gasteiger partial charge in [0.1, 0.15) is 0 Å². The van der Waals surface area contributed by atoms with Crippen molar-refractivity contribution in [2.75, 3.05) is 19.8 Å². The number of amides is 1. The molecule has 0 aliphatic carbocycles. The van der Waals surface area contributed by atoms with E-state index < -0.39 is 0 Å². The minimum atomic E-state index is -0.386. The zero-order chi connectivity index (χ0) is 15.7. The summed E-state index contributed by atoms with van der Waals surface area (Å²) in [4.78, 5) is 11.6. The van der Waals surface area contributed by atoms with Gasteiger partial charge in [0.25, 0.3) is 0 Å². The summed E-state index contributed by atoms with van der Waals surface area (Å²) in [5.41, 5.74) is 5.42. The van der Waals surface area contributed by atoms with Crippen LogP contribution in [0.4, 0.5) is 0 Å². The number of rotatable bonds is 9. The summed E-state index contributed by atoms with van der Waals surface area (Å²) in [6, 6.07) is 7.53. The van der Waals surface area contributed by atoms with Crippen molar-refractivity contribution < 1.29 is 14.3 Å². The van der Waals surface area contributed by atoms with E-state index in [9.17, 15) is 4.79 Å². The monoisotopic (exact) mass is 330 g/mol. The lowest BCUT2D eigenvalue weighted by Crippen LogP contribution is -2.45. The summed E-state index contributed by atoms with van der Waals surface area (Å²) in [6.45, 7) is 7.23. The molecular formula is C16H27ClN2O3. The zero-order valence-electron chi connectivity index (χ0n) is 13.6. The van der Waals surface area contributed by atoms with Gasteiger partial charge in [-0.3, -0.25) is 4.79 Å². The van der Waals surface area contributed by atoms with Gasteiger partial charge in [-0.05, 0) is 39.3 Å². The number of nitrogens with one attached hydrogen (secondary N) is 1. The Morgan fingerprint density at radius 1 is 1.23 bits per heavy atom. The molecule has 1 aromatic rings. The molecule has 126 valence electrons. The van der Waals surface area contributed by atoms with Crippen molar-refractivity contribution in [3.8, 4) is 11.5 Å². The number of para-hydroxylation sites is 2. The third-order valence-electron chi connectivity index (χ3n) is 2.70. The first-order chi connectivity index (χ1) is 9.92. The third-order valence-corrected chi connectivity index (χ3v) is 2.70. The van der Waals surface area contributed by atoms with Gasteiger partial charge in [-0.25, -0.2) is 0 Å². The summed E-state index contributed by atoms with van der Waals surface area (Å²) in [5.74, 6) is 1.44. The van der Waals surface area contributed by atoms with Crippen molar-refractivity contribution in [2.45, 2.75) is 39.2 Å². The SMILES string of the molecule is CCOc1ccccc1OCCCC(=O)NCC(C)(C)N.Cl. The van der Waals surface area contributed by atoms with Crippen LogP contribution in [0.3, 0.4) is 0 Å². The highest BCUT2D eigenvalue weighted by molar-refractivity contribution is 5.85. The Morgan fingerprint density at radius 2 is 1.82 bits per heavy atom. The maximum Gasteiger partial charge on any atom is 0.220 e. The first-order valence-electron chi connectivity index (χ1n) is 7.32. The smallest absolute Gasteiger partial charge is 0.220 e. The molecular weight excluding hydrogens is 304 g/mol. The van der Waals surface area contributed by atoms with Crippen LogP contribution in [0.2, 0.25) is 0 Å². The number of benzene rings is 1. The van der Waals surface area contributed by atoms with Crippen LogP contribution >= 0.6 is 12.4 Å². The molecule has 0 radical (unpaired) electrons. The Bertz CT molecular complexity index is 447. The van der Waals surface area contributed by atoms with E-state index in [0.717, 1.165) is 5.75 Å². The number of nitrogens with two attached hydrogens (primary N) is 1. The first kappa shape index (κ1) is 20.5. The van der Waals surface area contributed by atoms with E-state index in [1.54, 1.807) is 0 Å². The van der Waals surface area contributed by atoms with E-state index in [0.29, 0.717) is 38.3 Å². The van der Waals surface area contributed by atoms with Crippen LogP contribution in [-0.2, 0) is 4.79 Å². The van der Waals surface area contributed by atoms with Gasteiger partial charge in [0, 0.05) is 18.5 Å². The first-order valence-corrected chi connectivity index (χ1v) is 7.32. The molecule has 0 saturated heterocycles. The van der Waals surface area contributed by atoms with Crippen molar-refractivity contribution in [3.63, 3.8) is 0 Å². The Hall–Kier alpha value is -1.46. The van der Waals surface area contributed by atoms with Gasteiger partial charge >= 0.3 is 0 Å². The van der Waals surface area contributed by atoms with Crippen molar-refractivity contribution >= 4 is 18.3 Å². The fraction of sp³-hybridized carbons (Fsp3) is 0.562. The quantitative estimate of drug-likeness (QED) is 0.682. The molecule has 0 heterocycles. The molecule has 0 unspecified atom stereocenters. The van der Waals surface area contributed by atoms with Gasteiger partial charge in [0.2, 0.25) is 5.91 Å². The molecule has 6 heteroatoms. The molecule has 5 nitrogen and oxygen atoms in total. The number of carbonyl (C=O) groups is 1. The van der Waals surface area contributed by atoms with Crippen molar-refractivity contribution in [3.05, 3.63) is 24.3 Å². The highest BCUT2D eigenvalue weighted by atomic mass is 35.5. The lowest BCUT2D eigenvalue weighted by Gasteiger charge is -2.18. The van der Waals surface area contributed by atoms with E-state index in [1.165, 1.54) is 0 Å². The topological polar surface area (TPSA) is 73.6 Å². The van der Waals surface area contributed by atoms with E-state index in [2.05, 4.69) is 5.32 Å². The van der Waals surface area contributed by atoms with Crippen molar-refractivity contribution in [2.24, 2.45) is 5.73 Å². The van der Waals surface area contributed by atoms with Crippen LogP contribution in [0.5, 0.6) is 11.5 Å². The van der Waals surface area contributed by atoms with Gasteiger partial charge in [0.05, 0.1) is 13.2 Å². The molecule has 22 heavy (non-hydrogen) atoms. The number of ether oxygens (including phenoxy) is 2. The van der Waals surface area contributed by atoms with Crippen LogP contribution in [0.25, 0.3) is 0 Å². The van der Waals surface area contributed by atoms with Gasteiger partial charge < -0.3 is 20.5 Å². The van der Waals surface area contributed by atoms with Crippen molar-refractivity contribution in [1.82, 2.24) is 5.32 Å². The standard InChI is InChI=1S/C16H26N2O3.ClH/c1-4-20-13-8-5-6-9-14(13)21-11-7-10-15(19)18-12-16(2,3)17;/h5-6,8-9H,4,7,10-12,17H2,1-3H3,(H,18,19);1H. The highest BCUT2D eigenvalue weighted by Gasteiger charge is 2.12. The predicted octanol–water partition coefficient (Wildman–Crippen LogP) is 2.52. The molecule has 0 spiro atoms. The lowest BCUT2D eigenvalue weighted by atomic mass is 10.1. The molecule has 1 rings (SSSR count). The van der Waals surface area contributed by atoms with E-state index >= 15 is 0 Å². The van der Waals surface area contributed by atoms with E-state index in [4.69, 9.17) is 15.2 Å². The summed E-state index contributed by atoms with van der Waals surface area (Å²) < 4.78 is 11.1. The molecule has 0 fully saturated rings. The van der Waals surface area contributed by atoms with Crippen molar-refractivity contribution in [1.29, 1.82) is 0 Å². The van der Waals surface area contributed by atoms with Crippen LogP contribution in [0.15, 0.2) is 24.3 Å². The fourth-order valence-corrected chi connectivity index (χ4v) is 1.67. The number of hydrogen-bond donors (Lipinski definition) is 2. The van der Waals surface area contributed by atoms with Gasteiger partial charge in [-0.1, -0.05) is 12.1 Å². The molecule has 1 aromatic carbocycles. The molecule has 0 aromatic heterocycles. The number of carbonyl (C=O) groups excluding carboxylic acids is 1. The number of hydrogen-bond acceptors (Lipinski definition) is 4. The van der Waals surface area contributed by atoms with Crippen LogP contribution in [0, 0.1) is 0 Å². The van der Waals surface area contributed by atoms with E-state index in [-0.39, 0.29) is 23.9 Å². The minimum Gasteiger partial charge on any atom is -0.490 e. The third kappa shape index (κ3) is 8.74. The van der Waals surface area contributed by atoms with Crippen LogP contribution in [-0.4, -0.2) is 31.2 Å². The Kier molecular flexibility index (Phi) is 9.61. The fourth-order valence-electron chi connectivity index (χ4n) is 1.67. The molecule has 0 bridgehead atoms. The zero-order valence-corrected chi connectivity index (χ0v) is 14.4. The van der Waals surface area contributed by atoms with Crippen LogP contribution in [0.1, 0.15) is 33.6 Å². The summed E-state index contributed by atoms with van der Waals surface area (Å²) in [6.07, 6.45) is 1.07. The van der Waals surface area contributed by atoms with Gasteiger partial charge in [-0.15, -0.1) is 12.4 Å². The van der Waals surface area contributed by atoms with Crippen LogP contribution < -0.4 is 20.5 Å². The second kappa shape index (κ2) is 10.3. The lowest BCUT2D eigenvalue weighted by molar-refractivity contribution is -0.121. The molecule has 0 aliphatic rings. The largest absolute Gasteiger partial charge is 0.490 e. The highest BCUT2D eigenvalue weighted by Crippen LogP contribution is 2.26. The van der Waals surface area contributed by atoms with Gasteiger partial charge in [-0.2, -0.15) is 0 Å². The molecule has 1 amide bonds. The average Bonchev–Trinajstić information content (AvgIpc) is 2.42. The molecule has 0 aliphatic heterocycles. The molecule has 3 N–H and O–H groups in total. The summed E-state index contributed by atoms with van der Waals surface area (Å²) >= 11 is 0. The molecule has 0 atom stereocenters. The Labute approximate surface area is 139 Å². The minimum absolute atomic E-state index is 0. The maximum absolute atomic E-state index is 11.6. The normalized spacial score (nSPS) is 10.5. The second-order valence-electron chi connectivity index (χ2n) is 5.60. The van der Waals surface area contributed by atoms with Gasteiger partial charge in [0.15, 0.2) is 11.5 Å². The molecule has 0 saturated carbocycles. The summed E-state index contributed by atoms with van der Waals surface area (Å²) in [5, 5.41) is 2.81. The average molecular weight is 331 g/mol. The second-order valence-corrected chi connectivity index (χ2v) is 5.60. The Balaban J connectivity index is 0.00000441.